The maximum absolute atomic E-state index is 6.41. The molecule has 0 aromatic heterocycles. The third-order valence-electron chi connectivity index (χ3n) is 4.22. The number of likely N-dealkylation sites (N-methyl/N-ethyl adjacent to an activating group) is 1. The van der Waals surface area contributed by atoms with Crippen molar-refractivity contribution in [3.63, 3.8) is 0 Å². The Hall–Kier alpha value is -0.860. The van der Waals surface area contributed by atoms with E-state index in [1.165, 1.54) is 24.0 Å². The minimum Gasteiger partial charge on any atom is -0.326 e. The minimum atomic E-state index is 0.187. The zero-order valence-corrected chi connectivity index (χ0v) is 13.2. The molecular weight excluding hydrogens is 232 g/mol. The van der Waals surface area contributed by atoms with E-state index < -0.39 is 0 Å². The molecule has 0 spiro atoms. The van der Waals surface area contributed by atoms with Gasteiger partial charge in [-0.05, 0) is 38.8 Å². The number of hydrogen-bond donors (Lipinski definition) is 1. The number of nitrogens with two attached hydrogens (primary N) is 1. The number of benzene rings is 1. The van der Waals surface area contributed by atoms with Crippen molar-refractivity contribution < 1.29 is 0 Å². The van der Waals surface area contributed by atoms with E-state index in [4.69, 9.17) is 5.73 Å². The lowest BCUT2D eigenvalue weighted by atomic mass is 9.93. The molecule has 2 nitrogen and oxygen atoms in total. The Morgan fingerprint density at radius 1 is 1.11 bits per heavy atom. The Morgan fingerprint density at radius 2 is 1.74 bits per heavy atom. The van der Waals surface area contributed by atoms with Gasteiger partial charge in [-0.2, -0.15) is 0 Å². The van der Waals surface area contributed by atoms with Crippen molar-refractivity contribution in [3.05, 3.63) is 35.4 Å². The lowest BCUT2D eigenvalue weighted by molar-refractivity contribution is 0.140. The topological polar surface area (TPSA) is 29.3 Å². The number of aryl methyl sites for hydroxylation is 1. The van der Waals surface area contributed by atoms with E-state index in [0.717, 1.165) is 6.42 Å². The van der Waals surface area contributed by atoms with Gasteiger partial charge in [0.15, 0.2) is 0 Å². The molecule has 2 N–H and O–H groups in total. The van der Waals surface area contributed by atoms with E-state index in [-0.39, 0.29) is 6.04 Å². The van der Waals surface area contributed by atoms with Gasteiger partial charge < -0.3 is 5.73 Å². The summed E-state index contributed by atoms with van der Waals surface area (Å²) in [6, 6.07) is 9.88. The van der Waals surface area contributed by atoms with Crippen molar-refractivity contribution >= 4 is 0 Å². The summed E-state index contributed by atoms with van der Waals surface area (Å²) in [5, 5.41) is 0. The molecule has 108 valence electrons. The van der Waals surface area contributed by atoms with Gasteiger partial charge in [0.05, 0.1) is 0 Å². The summed E-state index contributed by atoms with van der Waals surface area (Å²) >= 11 is 0. The summed E-state index contributed by atoms with van der Waals surface area (Å²) in [6.07, 6.45) is 3.35. The maximum Gasteiger partial charge on any atom is 0.0499 e. The van der Waals surface area contributed by atoms with Gasteiger partial charge >= 0.3 is 0 Å². The van der Waals surface area contributed by atoms with E-state index in [9.17, 15) is 0 Å². The molecule has 0 saturated carbocycles. The maximum atomic E-state index is 6.41. The van der Waals surface area contributed by atoms with Crippen molar-refractivity contribution in [2.24, 2.45) is 5.73 Å². The van der Waals surface area contributed by atoms with Gasteiger partial charge in [0.25, 0.3) is 0 Å². The summed E-state index contributed by atoms with van der Waals surface area (Å²) in [4.78, 5) is 2.48. The lowest BCUT2D eigenvalue weighted by Crippen LogP contribution is -2.43. The fraction of sp³-hybridized carbons (Fsp3) is 0.647. The van der Waals surface area contributed by atoms with Gasteiger partial charge in [-0.1, -0.05) is 50.6 Å². The van der Waals surface area contributed by atoms with Crippen molar-refractivity contribution in [1.82, 2.24) is 4.90 Å². The highest BCUT2D eigenvalue weighted by Crippen LogP contribution is 2.28. The smallest absolute Gasteiger partial charge is 0.0499 e. The Bertz CT molecular complexity index is 371. The summed E-state index contributed by atoms with van der Waals surface area (Å²) in [5.41, 5.74) is 9.07. The Morgan fingerprint density at radius 3 is 2.21 bits per heavy atom. The van der Waals surface area contributed by atoms with Gasteiger partial charge in [0, 0.05) is 18.1 Å². The highest BCUT2D eigenvalue weighted by molar-refractivity contribution is 5.26. The highest BCUT2D eigenvalue weighted by atomic mass is 15.2. The van der Waals surface area contributed by atoms with Crippen LogP contribution in [0, 0.1) is 6.92 Å². The molecule has 0 heterocycles. The fourth-order valence-electron chi connectivity index (χ4n) is 2.95. The molecule has 1 aromatic carbocycles. The zero-order chi connectivity index (χ0) is 14.4. The van der Waals surface area contributed by atoms with Crippen LogP contribution in [0.2, 0.25) is 0 Å². The molecule has 19 heavy (non-hydrogen) atoms. The molecule has 0 aliphatic heterocycles. The van der Waals surface area contributed by atoms with Crippen molar-refractivity contribution in [1.29, 1.82) is 0 Å². The number of nitrogens with zero attached hydrogens (tertiary/aromatic N) is 1. The molecule has 0 amide bonds. The molecule has 0 aliphatic rings. The van der Waals surface area contributed by atoms with Crippen LogP contribution in [-0.4, -0.2) is 24.0 Å². The average Bonchev–Trinajstić information content (AvgIpc) is 2.40. The van der Waals surface area contributed by atoms with Crippen LogP contribution in [0.4, 0.5) is 0 Å². The Labute approximate surface area is 119 Å². The first-order valence-electron chi connectivity index (χ1n) is 7.59. The van der Waals surface area contributed by atoms with Crippen LogP contribution in [0.1, 0.15) is 57.2 Å². The van der Waals surface area contributed by atoms with Gasteiger partial charge in [-0.25, -0.2) is 0 Å². The van der Waals surface area contributed by atoms with Crippen LogP contribution < -0.4 is 5.73 Å². The van der Waals surface area contributed by atoms with Crippen molar-refractivity contribution in [2.45, 2.75) is 65.1 Å². The first kappa shape index (κ1) is 16.2. The summed E-state index contributed by atoms with van der Waals surface area (Å²) in [5.74, 6) is 0. The molecule has 0 saturated heterocycles. The quantitative estimate of drug-likeness (QED) is 0.807. The van der Waals surface area contributed by atoms with Crippen LogP contribution in [0.25, 0.3) is 0 Å². The first-order valence-corrected chi connectivity index (χ1v) is 7.59. The van der Waals surface area contributed by atoms with Gasteiger partial charge in [0.1, 0.15) is 0 Å². The summed E-state index contributed by atoms with van der Waals surface area (Å²) in [7, 11) is 2.22. The third kappa shape index (κ3) is 4.05. The molecule has 0 fully saturated rings. The average molecular weight is 262 g/mol. The van der Waals surface area contributed by atoms with Crippen molar-refractivity contribution in [3.8, 4) is 0 Å². The predicted molar refractivity (Wildman–Crippen MR) is 84.3 cm³/mol. The molecule has 2 heteroatoms. The predicted octanol–water partition coefficient (Wildman–Crippen LogP) is 3.89. The van der Waals surface area contributed by atoms with Gasteiger partial charge in [0.2, 0.25) is 0 Å². The van der Waals surface area contributed by atoms with E-state index >= 15 is 0 Å². The molecule has 0 radical (unpaired) electrons. The van der Waals surface area contributed by atoms with Crippen LogP contribution >= 0.6 is 0 Å². The fourth-order valence-corrected chi connectivity index (χ4v) is 2.95. The van der Waals surface area contributed by atoms with E-state index in [1.807, 2.05) is 0 Å². The molecular formula is C17H30N2. The first-order chi connectivity index (χ1) is 9.04. The standard InChI is InChI=1S/C17H30N2/c1-6-15(7-2)19(5)17(16(18)8-3)14-11-9-10-13(4)12-14/h9-12,15-17H,6-8,18H2,1-5H3. The number of rotatable bonds is 7. The third-order valence-corrected chi connectivity index (χ3v) is 4.22. The van der Waals surface area contributed by atoms with Gasteiger partial charge in [-0.3, -0.25) is 4.90 Å². The van der Waals surface area contributed by atoms with Crippen LogP contribution in [0.5, 0.6) is 0 Å². The lowest BCUT2D eigenvalue weighted by Gasteiger charge is -2.38. The van der Waals surface area contributed by atoms with Crippen LogP contribution in [0.3, 0.4) is 0 Å². The molecule has 0 aliphatic carbocycles. The Kier molecular flexibility index (Phi) is 6.53. The summed E-state index contributed by atoms with van der Waals surface area (Å²) < 4.78 is 0. The minimum absolute atomic E-state index is 0.187. The molecule has 1 rings (SSSR count). The van der Waals surface area contributed by atoms with Gasteiger partial charge in [-0.15, -0.1) is 0 Å². The van der Waals surface area contributed by atoms with E-state index in [1.54, 1.807) is 0 Å². The molecule has 1 aromatic rings. The molecule has 0 bridgehead atoms. The molecule has 2 atom stereocenters. The van der Waals surface area contributed by atoms with Crippen molar-refractivity contribution in [2.75, 3.05) is 7.05 Å². The van der Waals surface area contributed by atoms with Crippen LogP contribution in [0.15, 0.2) is 24.3 Å². The number of hydrogen-bond acceptors (Lipinski definition) is 2. The largest absolute Gasteiger partial charge is 0.326 e. The second-order valence-electron chi connectivity index (χ2n) is 5.57. The SMILES string of the molecule is CCC(N)C(c1cccc(C)c1)N(C)C(CC)CC. The highest BCUT2D eigenvalue weighted by Gasteiger charge is 2.26. The zero-order valence-electron chi connectivity index (χ0n) is 13.2. The molecule has 2 unspecified atom stereocenters. The van der Waals surface area contributed by atoms with E-state index in [0.29, 0.717) is 12.1 Å². The van der Waals surface area contributed by atoms with E-state index in [2.05, 4.69) is 63.9 Å². The second kappa shape index (κ2) is 7.66. The monoisotopic (exact) mass is 262 g/mol. The van der Waals surface area contributed by atoms with Crippen LogP contribution in [-0.2, 0) is 0 Å². The normalized spacial score (nSPS) is 14.9. The Balaban J connectivity index is 3.07. The second-order valence-corrected chi connectivity index (χ2v) is 5.57. The summed E-state index contributed by atoms with van der Waals surface area (Å²) in [6.45, 7) is 8.84.